The van der Waals surface area contributed by atoms with Gasteiger partial charge in [0.05, 0.1) is 36.2 Å². The fraction of sp³-hybridized carbons (Fsp3) is 0.524. The summed E-state index contributed by atoms with van der Waals surface area (Å²) < 4.78 is 22.8. The van der Waals surface area contributed by atoms with Gasteiger partial charge in [-0.1, -0.05) is 107 Å². The van der Waals surface area contributed by atoms with Crippen molar-refractivity contribution in [3.8, 4) is 23.0 Å². The van der Waals surface area contributed by atoms with Crippen LogP contribution in [-0.2, 0) is 13.2 Å². The first-order valence-corrected chi connectivity index (χ1v) is 28.3. The molecule has 0 radical (unpaired) electrons. The van der Waals surface area contributed by atoms with Gasteiger partial charge in [0.25, 0.3) is 0 Å². The maximum absolute atomic E-state index is 13.1. The predicted molar refractivity (Wildman–Crippen MR) is 293 cm³/mol. The van der Waals surface area contributed by atoms with E-state index in [1.54, 1.807) is 24.3 Å². The summed E-state index contributed by atoms with van der Waals surface area (Å²) in [7, 11) is 2.61. The summed E-state index contributed by atoms with van der Waals surface area (Å²) in [4.78, 5) is 49.8. The second-order valence-corrected chi connectivity index (χ2v) is 24.3. The van der Waals surface area contributed by atoms with Crippen molar-refractivity contribution in [1.82, 2.24) is 0 Å². The number of aromatic carboxylic acids is 4. The number of hydrogen-bond donors (Lipinski definition) is 2. The Bertz CT molecular complexity index is 2770. The number of carbonyl (C=O) groups is 4. The van der Waals surface area contributed by atoms with Gasteiger partial charge in [0.2, 0.25) is 0 Å². The molecule has 0 aromatic heterocycles. The average molecular weight is 1140 g/mol. The minimum absolute atomic E-state index is 0. The zero-order valence-electron chi connectivity index (χ0n) is 47.5. The Morgan fingerprint density at radius 3 is 1.68 bits per heavy atom. The Balaban J connectivity index is 0.00000504. The number of halogens is 2. The summed E-state index contributed by atoms with van der Waals surface area (Å²) in [6, 6.07) is 14.7. The molecule has 79 heavy (non-hydrogen) atoms. The van der Waals surface area contributed by atoms with Crippen molar-refractivity contribution >= 4 is 52.7 Å². The van der Waals surface area contributed by atoms with Gasteiger partial charge in [-0.15, -0.1) is 0 Å². The molecule has 0 spiro atoms. The van der Waals surface area contributed by atoms with Gasteiger partial charge in [0, 0.05) is 22.3 Å². The van der Waals surface area contributed by atoms with Crippen LogP contribution in [0.3, 0.4) is 0 Å². The summed E-state index contributed by atoms with van der Waals surface area (Å²) in [5.74, 6) is -0.127. The third-order valence-corrected chi connectivity index (χ3v) is 19.4. The van der Waals surface area contributed by atoms with E-state index in [4.69, 9.17) is 42.1 Å². The van der Waals surface area contributed by atoms with Crippen molar-refractivity contribution in [2.45, 2.75) is 138 Å². The first-order valence-electron chi connectivity index (χ1n) is 27.5. The van der Waals surface area contributed by atoms with Crippen molar-refractivity contribution in [2.24, 2.45) is 58.2 Å². The van der Waals surface area contributed by atoms with Crippen LogP contribution in [0.5, 0.6) is 23.0 Å². The van der Waals surface area contributed by atoms with E-state index in [1.165, 1.54) is 115 Å². The van der Waals surface area contributed by atoms with Crippen molar-refractivity contribution in [3.05, 3.63) is 121 Å². The van der Waals surface area contributed by atoms with Gasteiger partial charge < -0.3 is 49.0 Å². The molecule has 0 saturated heterocycles. The Hall–Kier alpha value is -3.72. The Kier molecular flexibility index (Phi) is 22.5. The maximum atomic E-state index is 13.1. The van der Waals surface area contributed by atoms with Crippen molar-refractivity contribution in [1.29, 1.82) is 0 Å². The molecular formula is C63H74Cl2Na2O12. The number of rotatable bonds is 22. The van der Waals surface area contributed by atoms with Crippen LogP contribution in [0, 0.1) is 58.2 Å². The van der Waals surface area contributed by atoms with E-state index in [0.29, 0.717) is 56.9 Å². The zero-order chi connectivity index (χ0) is 55.5. The number of benzene rings is 4. The van der Waals surface area contributed by atoms with Crippen LogP contribution in [0.25, 0.3) is 5.57 Å². The molecule has 0 unspecified atom stereocenters. The third kappa shape index (κ3) is 13.7. The summed E-state index contributed by atoms with van der Waals surface area (Å²) >= 11 is 13.9. The topological polar surface area (TPSA) is 192 Å². The molecular weight excluding hydrogens is 1070 g/mol. The largest absolute Gasteiger partial charge is 1.00 e. The molecule has 0 amide bonds. The van der Waals surface area contributed by atoms with E-state index in [2.05, 4.69) is 34.6 Å². The van der Waals surface area contributed by atoms with Crippen LogP contribution in [0.2, 0.25) is 10.0 Å². The van der Waals surface area contributed by atoms with Gasteiger partial charge in [-0.2, -0.15) is 0 Å². The quantitative estimate of drug-likeness (QED) is 0.0751. The number of carbonyl (C=O) groups excluding carboxylic acids is 2. The number of ether oxygens (including phenoxy) is 4. The number of carboxylic acids is 4. The van der Waals surface area contributed by atoms with Gasteiger partial charge in [0.1, 0.15) is 35.8 Å². The number of para-hydroxylation sites is 2. The van der Waals surface area contributed by atoms with Gasteiger partial charge in [-0.3, -0.25) is 0 Å². The summed E-state index contributed by atoms with van der Waals surface area (Å²) in [5.41, 5.74) is 1.60. The van der Waals surface area contributed by atoms with Crippen molar-refractivity contribution in [2.75, 3.05) is 14.2 Å². The van der Waals surface area contributed by atoms with Crippen LogP contribution in [-0.4, -0.2) is 48.3 Å². The van der Waals surface area contributed by atoms with E-state index >= 15 is 0 Å². The molecule has 8 rings (SSSR count). The first-order chi connectivity index (χ1) is 36.7. The number of methoxy groups -OCH3 is 2. The van der Waals surface area contributed by atoms with Gasteiger partial charge in [0.15, 0.2) is 11.5 Å². The Morgan fingerprint density at radius 2 is 1.19 bits per heavy atom. The Morgan fingerprint density at radius 1 is 0.671 bits per heavy atom. The summed E-state index contributed by atoms with van der Waals surface area (Å²) in [6.07, 6.45) is 18.9. The molecule has 4 aliphatic rings. The number of carboxylic acid groups (broad SMARTS) is 4. The molecule has 4 aromatic carbocycles. The molecule has 0 heterocycles. The second kappa shape index (κ2) is 27.6. The van der Waals surface area contributed by atoms with E-state index in [1.807, 2.05) is 6.08 Å². The second-order valence-electron chi connectivity index (χ2n) is 23.5. The molecule has 0 bridgehead atoms. The van der Waals surface area contributed by atoms with Gasteiger partial charge >= 0.3 is 71.1 Å². The fourth-order valence-corrected chi connectivity index (χ4v) is 15.7. The molecule has 4 fully saturated rings. The van der Waals surface area contributed by atoms with Crippen LogP contribution >= 0.6 is 23.2 Å². The van der Waals surface area contributed by atoms with Crippen LogP contribution < -0.4 is 88.3 Å². The molecule has 414 valence electrons. The molecule has 0 aliphatic heterocycles. The van der Waals surface area contributed by atoms with Crippen molar-refractivity contribution in [3.63, 3.8) is 0 Å². The number of hydrogen-bond acceptors (Lipinski definition) is 10. The molecule has 4 aliphatic carbocycles. The van der Waals surface area contributed by atoms with E-state index in [9.17, 15) is 39.6 Å². The minimum Gasteiger partial charge on any atom is -0.545 e. The molecule has 4 saturated carbocycles. The maximum Gasteiger partial charge on any atom is 1.00 e. The normalized spacial score (nSPS) is 24.3. The van der Waals surface area contributed by atoms with Gasteiger partial charge in [-0.25, -0.2) is 9.59 Å². The SMILES string of the molecule is COc1c(COc2c(Cl)cc(C(=CCC[C@H]3CC[C@@]4(C)[C@@H](CC[C@@H]5[C@@H]4CC[C@]4(C)[C@@H]([C@H](C)CCCC(C)C)CC[C@@H]54)C3)c3cc(Cl)c(OCc4cccc(C(=O)[O-])c4OC)c(C(=O)O)c3)cc2C(=O)O)cccc1C(=O)[O-].[Na+].[Na+]. The van der Waals surface area contributed by atoms with Crippen molar-refractivity contribution < 1.29 is 118 Å². The third-order valence-electron chi connectivity index (χ3n) is 18.9. The number of allylic oxidation sites excluding steroid dienone is 1. The molecule has 16 heteroatoms. The van der Waals surface area contributed by atoms with Crippen LogP contribution in [0.15, 0.2) is 66.7 Å². The first kappa shape index (κ1) is 64.4. The average Bonchev–Trinajstić information content (AvgIpc) is 3.99. The molecule has 2 N–H and O–H groups in total. The summed E-state index contributed by atoms with van der Waals surface area (Å²) in [5, 5.41) is 44.9. The van der Waals surface area contributed by atoms with Gasteiger partial charge in [-0.05, 0) is 182 Å². The zero-order valence-corrected chi connectivity index (χ0v) is 53.0. The molecule has 9 atom stereocenters. The fourth-order valence-electron chi connectivity index (χ4n) is 15.1. The van der Waals surface area contributed by atoms with Crippen LogP contribution in [0.1, 0.15) is 188 Å². The number of fused-ring (bicyclic) bond motifs is 5. The smallest absolute Gasteiger partial charge is 0.545 e. The van der Waals surface area contributed by atoms with Crippen LogP contribution in [0.4, 0.5) is 0 Å². The minimum atomic E-state index is -1.46. The standard InChI is InChI=1S/C63H76Cl2O12.2Na/c1-35(2)12-8-13-36(3)49-22-23-50-44-21-20-42-28-37(24-26-62(42,4)51(44)25-27-63(49,50)5)14-9-17-43(40-29-47(60(70)71)56(52(64)31-40)76-33-38-15-10-18-45(58(66)67)54(38)74-6)41-30-48(61(72)73)57(53(65)32-41)77-34-39-16-11-19-46(59(68)69)55(39)75-7;;/h10-11,15-19,29-32,35-37,42,44,49-51H,8-9,12-14,20-28,33-34H2,1-7H3,(H,66,67)(H,68,69)(H,70,71)(H,72,73);;/q;2*+1/p-2/t36-,37+,42+,44+,49-,50+,51+,62+,63-;;/m1../s1. The molecule has 12 nitrogen and oxygen atoms in total. The monoisotopic (exact) mass is 1140 g/mol. The molecule has 4 aromatic rings. The van der Waals surface area contributed by atoms with E-state index in [0.717, 1.165) is 54.8 Å². The Labute approximate surface area is 520 Å². The summed E-state index contributed by atoms with van der Waals surface area (Å²) in [6.45, 7) is 11.9. The van der Waals surface area contributed by atoms with E-state index in [-0.39, 0.29) is 128 Å². The predicted octanol–water partition coefficient (Wildman–Crippen LogP) is 7.25. The van der Waals surface area contributed by atoms with E-state index < -0.39 is 23.9 Å².